The van der Waals surface area contributed by atoms with E-state index in [1.54, 1.807) is 12.1 Å². The van der Waals surface area contributed by atoms with Crippen molar-refractivity contribution >= 4 is 17.0 Å². The molecule has 0 heterocycles. The Morgan fingerprint density at radius 3 is 2.40 bits per heavy atom. The molecule has 1 atom stereocenters. The van der Waals surface area contributed by atoms with Gasteiger partial charge in [0, 0.05) is 12.6 Å². The Balaban J connectivity index is 0.00000200. The van der Waals surface area contributed by atoms with Gasteiger partial charge in [-0.25, -0.2) is 0 Å². The fourth-order valence-corrected chi connectivity index (χ4v) is 2.97. The Labute approximate surface area is 130 Å². The highest BCUT2D eigenvalue weighted by Crippen LogP contribution is 2.33. The maximum absolute atomic E-state index is 9.60. The molecular weight excluding hydrogens is 322 g/mol. The van der Waals surface area contributed by atoms with Gasteiger partial charge >= 0.3 is 0 Å². The average molecular weight is 346 g/mol. The van der Waals surface area contributed by atoms with Gasteiger partial charge in [0.25, 0.3) is 0 Å². The topological polar surface area (TPSA) is 63.9 Å². The highest BCUT2D eigenvalue weighted by Gasteiger charge is 2.24. The van der Waals surface area contributed by atoms with Crippen molar-refractivity contribution in [1.29, 1.82) is 0 Å². The molecule has 0 saturated heterocycles. The molecule has 1 aliphatic rings. The minimum atomic E-state index is -0.0383. The summed E-state index contributed by atoms with van der Waals surface area (Å²) in [5.74, 6) is -0.0680. The number of nitrogens with zero attached hydrogens (tertiary/aromatic N) is 1. The number of benzene rings is 1. The largest absolute Gasteiger partial charge is 0.504 e. The first kappa shape index (κ1) is 17.3. The van der Waals surface area contributed by atoms with E-state index in [2.05, 4.69) is 11.8 Å². The summed E-state index contributed by atoms with van der Waals surface area (Å²) in [4.78, 5) is 2.33. The molecule has 0 aromatic heterocycles. The van der Waals surface area contributed by atoms with Crippen LogP contribution in [0, 0.1) is 0 Å². The van der Waals surface area contributed by atoms with Crippen LogP contribution in [0.25, 0.3) is 0 Å². The lowest BCUT2D eigenvalue weighted by molar-refractivity contribution is 0.140. The lowest BCUT2D eigenvalue weighted by Gasteiger charge is -2.34. The molecule has 0 saturated carbocycles. The molecule has 0 amide bonds. The number of hydrogen-bond acceptors (Lipinski definition) is 4. The number of hydrogen-bond donors (Lipinski definition) is 3. The predicted molar refractivity (Wildman–Crippen MR) is 84.9 cm³/mol. The van der Waals surface area contributed by atoms with Gasteiger partial charge in [-0.15, -0.1) is 17.0 Å². The van der Waals surface area contributed by atoms with Crippen molar-refractivity contribution in [2.75, 3.05) is 19.7 Å². The second-order valence-electron chi connectivity index (χ2n) is 5.27. The number of halogens is 1. The zero-order chi connectivity index (χ0) is 13.8. The summed E-state index contributed by atoms with van der Waals surface area (Å²) in [5.41, 5.74) is 2.25. The molecule has 0 spiro atoms. The summed E-state index contributed by atoms with van der Waals surface area (Å²) in [7, 11) is 0. The minimum absolute atomic E-state index is 0. The fraction of sp³-hybridized carbons (Fsp3) is 0.600. The zero-order valence-corrected chi connectivity index (χ0v) is 13.6. The third-order valence-electron chi connectivity index (χ3n) is 3.91. The van der Waals surface area contributed by atoms with Crippen LogP contribution in [0.5, 0.6) is 11.5 Å². The smallest absolute Gasteiger partial charge is 0.157 e. The predicted octanol–water partition coefficient (Wildman–Crippen LogP) is 2.24. The van der Waals surface area contributed by atoms with E-state index in [-0.39, 0.29) is 35.1 Å². The van der Waals surface area contributed by atoms with Crippen molar-refractivity contribution in [3.05, 3.63) is 23.3 Å². The Kier molecular flexibility index (Phi) is 6.79. The van der Waals surface area contributed by atoms with Crippen LogP contribution in [0.15, 0.2) is 12.1 Å². The third-order valence-corrected chi connectivity index (χ3v) is 3.91. The molecule has 20 heavy (non-hydrogen) atoms. The quantitative estimate of drug-likeness (QED) is 0.716. The lowest BCUT2D eigenvalue weighted by atomic mass is 9.87. The van der Waals surface area contributed by atoms with Crippen LogP contribution in [0.2, 0.25) is 0 Å². The van der Waals surface area contributed by atoms with Gasteiger partial charge in [0.2, 0.25) is 0 Å². The molecule has 5 heteroatoms. The van der Waals surface area contributed by atoms with Gasteiger partial charge in [0.1, 0.15) is 0 Å². The second-order valence-corrected chi connectivity index (χ2v) is 5.27. The number of rotatable bonds is 5. The van der Waals surface area contributed by atoms with E-state index in [4.69, 9.17) is 5.11 Å². The van der Waals surface area contributed by atoms with Crippen LogP contribution >= 0.6 is 17.0 Å². The van der Waals surface area contributed by atoms with Crippen LogP contribution in [0.1, 0.15) is 30.9 Å². The van der Waals surface area contributed by atoms with Gasteiger partial charge in [-0.3, -0.25) is 4.90 Å². The summed E-state index contributed by atoms with van der Waals surface area (Å²) >= 11 is 0. The van der Waals surface area contributed by atoms with Gasteiger partial charge < -0.3 is 15.3 Å². The minimum Gasteiger partial charge on any atom is -0.504 e. The van der Waals surface area contributed by atoms with Crippen molar-refractivity contribution in [2.24, 2.45) is 0 Å². The van der Waals surface area contributed by atoms with Gasteiger partial charge in [0.05, 0.1) is 6.61 Å². The molecule has 0 fully saturated rings. The van der Waals surface area contributed by atoms with Gasteiger partial charge in [-0.05, 0) is 55.5 Å². The van der Waals surface area contributed by atoms with Gasteiger partial charge in [-0.2, -0.15) is 0 Å². The van der Waals surface area contributed by atoms with Gasteiger partial charge in [0.15, 0.2) is 11.5 Å². The van der Waals surface area contributed by atoms with Crippen LogP contribution in [-0.4, -0.2) is 46.0 Å². The first-order chi connectivity index (χ1) is 9.15. The number of fused-ring (bicyclic) bond motifs is 1. The number of aromatic hydroxyl groups is 2. The van der Waals surface area contributed by atoms with Crippen molar-refractivity contribution < 1.29 is 15.3 Å². The fourth-order valence-electron chi connectivity index (χ4n) is 2.97. The number of phenolic OH excluding ortho intramolecular Hbond substituents is 2. The SMILES string of the molecule is Br.CCCN(CCO)C1CCc2cc(O)c(O)cc2C1. The summed E-state index contributed by atoms with van der Waals surface area (Å²) in [6.07, 6.45) is 3.91. The summed E-state index contributed by atoms with van der Waals surface area (Å²) in [5, 5.41) is 28.3. The number of aliphatic hydroxyl groups excluding tert-OH is 1. The summed E-state index contributed by atoms with van der Waals surface area (Å²) in [6, 6.07) is 3.78. The standard InChI is InChI=1S/C15H23NO3.BrH/c1-2-5-16(6-7-17)13-4-3-11-9-14(18)15(19)10-12(11)8-13;/h9-10,13,17-19H,2-8H2,1H3;1H. The van der Waals surface area contributed by atoms with E-state index in [1.807, 2.05) is 0 Å². The van der Waals surface area contributed by atoms with Crippen molar-refractivity contribution in [3.63, 3.8) is 0 Å². The monoisotopic (exact) mass is 345 g/mol. The highest BCUT2D eigenvalue weighted by molar-refractivity contribution is 8.93. The van der Waals surface area contributed by atoms with Crippen molar-refractivity contribution in [1.82, 2.24) is 4.90 Å². The molecule has 3 N–H and O–H groups in total. The molecule has 0 aliphatic heterocycles. The summed E-state index contributed by atoms with van der Waals surface area (Å²) in [6.45, 7) is 4.03. The molecule has 4 nitrogen and oxygen atoms in total. The Morgan fingerprint density at radius 2 is 1.80 bits per heavy atom. The number of aliphatic hydroxyl groups is 1. The molecule has 1 unspecified atom stereocenters. The summed E-state index contributed by atoms with van der Waals surface area (Å²) < 4.78 is 0. The number of phenols is 2. The van der Waals surface area contributed by atoms with Crippen molar-refractivity contribution in [3.8, 4) is 11.5 Å². The molecule has 0 radical (unpaired) electrons. The maximum Gasteiger partial charge on any atom is 0.157 e. The Bertz CT molecular complexity index is 433. The lowest BCUT2D eigenvalue weighted by Crippen LogP contribution is -2.41. The molecular formula is C15H24BrNO3. The molecule has 1 aromatic rings. The molecule has 1 aromatic carbocycles. The maximum atomic E-state index is 9.60. The van der Waals surface area contributed by atoms with Crippen LogP contribution in [-0.2, 0) is 12.8 Å². The Hall–Kier alpha value is -0.780. The Morgan fingerprint density at radius 1 is 1.15 bits per heavy atom. The van der Waals surface area contributed by atoms with E-state index in [1.165, 1.54) is 0 Å². The van der Waals surface area contributed by atoms with E-state index < -0.39 is 0 Å². The van der Waals surface area contributed by atoms with E-state index in [0.717, 1.165) is 43.4 Å². The van der Waals surface area contributed by atoms with Gasteiger partial charge in [-0.1, -0.05) is 6.92 Å². The van der Waals surface area contributed by atoms with Crippen LogP contribution < -0.4 is 0 Å². The highest BCUT2D eigenvalue weighted by atomic mass is 79.9. The van der Waals surface area contributed by atoms with E-state index in [0.29, 0.717) is 12.6 Å². The zero-order valence-electron chi connectivity index (χ0n) is 11.9. The third kappa shape index (κ3) is 3.87. The molecule has 0 bridgehead atoms. The molecule has 114 valence electrons. The normalized spacial score (nSPS) is 17.6. The number of aryl methyl sites for hydroxylation is 1. The first-order valence-corrected chi connectivity index (χ1v) is 7.04. The molecule has 1 aliphatic carbocycles. The second kappa shape index (κ2) is 7.86. The van der Waals surface area contributed by atoms with E-state index in [9.17, 15) is 10.2 Å². The van der Waals surface area contributed by atoms with Crippen LogP contribution in [0.4, 0.5) is 0 Å². The first-order valence-electron chi connectivity index (χ1n) is 7.04. The van der Waals surface area contributed by atoms with Crippen molar-refractivity contribution in [2.45, 2.75) is 38.6 Å². The molecule has 2 rings (SSSR count). The van der Waals surface area contributed by atoms with E-state index >= 15 is 0 Å². The van der Waals surface area contributed by atoms with Crippen LogP contribution in [0.3, 0.4) is 0 Å². The average Bonchev–Trinajstić information content (AvgIpc) is 2.39.